The lowest BCUT2D eigenvalue weighted by molar-refractivity contribution is -0.125. The van der Waals surface area contributed by atoms with Crippen LogP contribution in [0.15, 0.2) is 24.3 Å². The van der Waals surface area contributed by atoms with Gasteiger partial charge < -0.3 is 10.6 Å². The minimum Gasteiger partial charge on any atom is -0.353 e. The minimum atomic E-state index is -0.219. The fraction of sp³-hybridized carbons (Fsp3) is 0.588. The third-order valence-electron chi connectivity index (χ3n) is 4.65. The van der Waals surface area contributed by atoms with E-state index in [1.165, 1.54) is 18.6 Å². The monoisotopic (exact) mass is 305 g/mol. The summed E-state index contributed by atoms with van der Waals surface area (Å²) in [5, 5.41) is 6.48. The minimum absolute atomic E-state index is 0.0496. The van der Waals surface area contributed by atoms with Crippen LogP contribution in [-0.4, -0.2) is 42.5 Å². The summed E-state index contributed by atoms with van der Waals surface area (Å²) in [5.41, 5.74) is 1.05. The maximum absolute atomic E-state index is 13.0. The predicted molar refractivity (Wildman–Crippen MR) is 83.9 cm³/mol. The Balaban J connectivity index is 1.52. The first-order chi connectivity index (χ1) is 10.7. The molecule has 2 fully saturated rings. The molecule has 0 saturated carbocycles. The molecule has 5 heteroatoms. The van der Waals surface area contributed by atoms with Crippen LogP contribution in [0.4, 0.5) is 4.39 Å². The number of hydrogen-bond donors (Lipinski definition) is 2. The average molecular weight is 305 g/mol. The van der Waals surface area contributed by atoms with Crippen LogP contribution in [0.1, 0.15) is 31.2 Å². The number of nitrogens with one attached hydrogen (secondary N) is 2. The van der Waals surface area contributed by atoms with E-state index in [1.54, 1.807) is 12.1 Å². The van der Waals surface area contributed by atoms with Crippen molar-refractivity contribution in [1.82, 2.24) is 15.5 Å². The lowest BCUT2D eigenvalue weighted by atomic mass is 10.1. The molecular formula is C17H24FN3O. The van der Waals surface area contributed by atoms with Crippen molar-refractivity contribution in [2.24, 2.45) is 0 Å². The number of carbonyl (C=O) groups excluding carboxylic acids is 1. The van der Waals surface area contributed by atoms with Gasteiger partial charge in [0.25, 0.3) is 0 Å². The molecule has 4 nitrogen and oxygen atoms in total. The Morgan fingerprint density at radius 2 is 2.09 bits per heavy atom. The first kappa shape index (κ1) is 15.4. The number of amides is 1. The zero-order valence-corrected chi connectivity index (χ0v) is 12.9. The van der Waals surface area contributed by atoms with E-state index in [4.69, 9.17) is 0 Å². The molecule has 1 amide bonds. The normalized spacial score (nSPS) is 25.5. The summed E-state index contributed by atoms with van der Waals surface area (Å²) in [7, 11) is 0. The van der Waals surface area contributed by atoms with E-state index >= 15 is 0 Å². The van der Waals surface area contributed by atoms with Gasteiger partial charge in [-0.2, -0.15) is 0 Å². The highest BCUT2D eigenvalue weighted by Gasteiger charge is 2.30. The summed E-state index contributed by atoms with van der Waals surface area (Å²) in [6, 6.07) is 6.93. The fourth-order valence-corrected chi connectivity index (χ4v) is 3.41. The van der Waals surface area contributed by atoms with Gasteiger partial charge in [-0.3, -0.25) is 9.69 Å². The largest absolute Gasteiger partial charge is 0.353 e. The maximum Gasteiger partial charge on any atom is 0.237 e. The molecule has 120 valence electrons. The summed E-state index contributed by atoms with van der Waals surface area (Å²) in [5.74, 6) is -0.0863. The fourth-order valence-electron chi connectivity index (χ4n) is 3.41. The van der Waals surface area contributed by atoms with Crippen LogP contribution in [0.2, 0.25) is 0 Å². The van der Waals surface area contributed by atoms with Gasteiger partial charge in [0.2, 0.25) is 5.91 Å². The highest BCUT2D eigenvalue weighted by Crippen LogP contribution is 2.20. The Labute approximate surface area is 131 Å². The van der Waals surface area contributed by atoms with Crippen LogP contribution >= 0.6 is 0 Å². The molecule has 2 N–H and O–H groups in total. The second kappa shape index (κ2) is 7.20. The van der Waals surface area contributed by atoms with Gasteiger partial charge in [-0.15, -0.1) is 0 Å². The number of benzene rings is 1. The third kappa shape index (κ3) is 3.84. The Hall–Kier alpha value is -1.46. The molecule has 0 radical (unpaired) electrons. The van der Waals surface area contributed by atoms with Gasteiger partial charge >= 0.3 is 0 Å². The number of halogens is 1. The summed E-state index contributed by atoms with van der Waals surface area (Å²) in [6.07, 6.45) is 4.29. The molecule has 2 unspecified atom stereocenters. The molecule has 2 saturated heterocycles. The first-order valence-corrected chi connectivity index (χ1v) is 8.22. The third-order valence-corrected chi connectivity index (χ3v) is 4.65. The topological polar surface area (TPSA) is 44.4 Å². The second-order valence-corrected chi connectivity index (χ2v) is 6.29. The van der Waals surface area contributed by atoms with Crippen LogP contribution < -0.4 is 10.6 Å². The van der Waals surface area contributed by atoms with Crippen molar-refractivity contribution >= 4 is 5.91 Å². The van der Waals surface area contributed by atoms with E-state index in [-0.39, 0.29) is 17.8 Å². The SMILES string of the molecule is O=C(NCC1CCCN1)C1CCCN1Cc1ccc(F)cc1. The van der Waals surface area contributed by atoms with E-state index in [2.05, 4.69) is 15.5 Å². The Morgan fingerprint density at radius 1 is 1.27 bits per heavy atom. The molecule has 2 heterocycles. The van der Waals surface area contributed by atoms with Crippen molar-refractivity contribution in [3.05, 3.63) is 35.6 Å². The van der Waals surface area contributed by atoms with E-state index in [9.17, 15) is 9.18 Å². The zero-order chi connectivity index (χ0) is 15.4. The molecule has 2 aliphatic heterocycles. The van der Waals surface area contributed by atoms with Gasteiger partial charge in [-0.1, -0.05) is 12.1 Å². The zero-order valence-electron chi connectivity index (χ0n) is 12.9. The number of hydrogen-bond acceptors (Lipinski definition) is 3. The van der Waals surface area contributed by atoms with Gasteiger partial charge in [-0.05, 0) is 56.5 Å². The van der Waals surface area contributed by atoms with Gasteiger partial charge in [0.15, 0.2) is 0 Å². The van der Waals surface area contributed by atoms with Crippen molar-refractivity contribution in [2.75, 3.05) is 19.6 Å². The molecule has 0 aromatic heterocycles. The molecular weight excluding hydrogens is 281 g/mol. The van der Waals surface area contributed by atoms with E-state index in [1.807, 2.05) is 0 Å². The summed E-state index contributed by atoms with van der Waals surface area (Å²) in [6.45, 7) is 3.41. The molecule has 22 heavy (non-hydrogen) atoms. The highest BCUT2D eigenvalue weighted by atomic mass is 19.1. The number of carbonyl (C=O) groups is 1. The van der Waals surface area contributed by atoms with Crippen molar-refractivity contribution in [1.29, 1.82) is 0 Å². The van der Waals surface area contributed by atoms with Crippen molar-refractivity contribution in [3.63, 3.8) is 0 Å². The molecule has 0 aliphatic carbocycles. The van der Waals surface area contributed by atoms with Crippen LogP contribution in [0.25, 0.3) is 0 Å². The highest BCUT2D eigenvalue weighted by molar-refractivity contribution is 5.82. The summed E-state index contributed by atoms with van der Waals surface area (Å²) in [4.78, 5) is 14.6. The van der Waals surface area contributed by atoms with Gasteiger partial charge in [0, 0.05) is 19.1 Å². The quantitative estimate of drug-likeness (QED) is 0.869. The van der Waals surface area contributed by atoms with Crippen molar-refractivity contribution in [3.8, 4) is 0 Å². The molecule has 2 atom stereocenters. The van der Waals surface area contributed by atoms with Gasteiger partial charge in [0.1, 0.15) is 5.82 Å². The second-order valence-electron chi connectivity index (χ2n) is 6.29. The van der Waals surface area contributed by atoms with Crippen LogP contribution in [0.3, 0.4) is 0 Å². The standard InChI is InChI=1S/C17H24FN3O/c18-14-7-5-13(6-8-14)12-21-10-2-4-16(21)17(22)20-11-15-3-1-9-19-15/h5-8,15-16,19H,1-4,9-12H2,(H,20,22). The van der Waals surface area contributed by atoms with Crippen LogP contribution in [0, 0.1) is 5.82 Å². The molecule has 0 spiro atoms. The molecule has 3 rings (SSSR count). The van der Waals surface area contributed by atoms with E-state index < -0.39 is 0 Å². The maximum atomic E-state index is 13.0. The van der Waals surface area contributed by atoms with Gasteiger partial charge in [-0.25, -0.2) is 4.39 Å². The van der Waals surface area contributed by atoms with E-state index in [0.29, 0.717) is 12.6 Å². The lowest BCUT2D eigenvalue weighted by Gasteiger charge is -2.24. The Morgan fingerprint density at radius 3 is 2.82 bits per heavy atom. The molecule has 1 aromatic rings. The number of rotatable bonds is 5. The van der Waals surface area contributed by atoms with E-state index in [0.717, 1.165) is 44.5 Å². The number of nitrogens with zero attached hydrogens (tertiary/aromatic N) is 1. The van der Waals surface area contributed by atoms with Crippen molar-refractivity contribution < 1.29 is 9.18 Å². The van der Waals surface area contributed by atoms with Crippen LogP contribution in [0.5, 0.6) is 0 Å². The predicted octanol–water partition coefficient (Wildman–Crippen LogP) is 1.66. The average Bonchev–Trinajstić information content (AvgIpc) is 3.18. The number of likely N-dealkylation sites (tertiary alicyclic amines) is 1. The summed E-state index contributed by atoms with van der Waals surface area (Å²) >= 11 is 0. The Bertz CT molecular complexity index is 499. The first-order valence-electron chi connectivity index (χ1n) is 8.22. The van der Waals surface area contributed by atoms with Gasteiger partial charge in [0.05, 0.1) is 6.04 Å². The molecule has 0 bridgehead atoms. The van der Waals surface area contributed by atoms with Crippen molar-refractivity contribution in [2.45, 2.75) is 44.3 Å². The van der Waals surface area contributed by atoms with Crippen LogP contribution in [-0.2, 0) is 11.3 Å². The summed E-state index contributed by atoms with van der Waals surface area (Å²) < 4.78 is 13.0. The smallest absolute Gasteiger partial charge is 0.237 e. The molecule has 1 aromatic carbocycles. The Kier molecular flexibility index (Phi) is 5.05. The lowest BCUT2D eigenvalue weighted by Crippen LogP contribution is -2.46. The molecule has 2 aliphatic rings.